The van der Waals surface area contributed by atoms with Crippen molar-refractivity contribution in [2.45, 2.75) is 127 Å². The molecule has 0 radical (unpaired) electrons. The fourth-order valence-electron chi connectivity index (χ4n) is 7.56. The van der Waals surface area contributed by atoms with Gasteiger partial charge in [-0.3, -0.25) is 0 Å². The molecular formula is C32H46F6O4. The normalized spacial score (nSPS) is 32.6. The molecule has 3 aliphatic carbocycles. The zero-order valence-corrected chi connectivity index (χ0v) is 24.7. The molecule has 0 aromatic rings. The highest BCUT2D eigenvalue weighted by Gasteiger charge is 2.69. The van der Waals surface area contributed by atoms with Gasteiger partial charge in [0.15, 0.2) is 0 Å². The molecule has 0 saturated heterocycles. The first kappa shape index (κ1) is 34.9. The van der Waals surface area contributed by atoms with E-state index >= 15 is 0 Å². The van der Waals surface area contributed by atoms with Gasteiger partial charge in [-0.15, -0.1) is 0 Å². The maximum absolute atomic E-state index is 13.3. The summed E-state index contributed by atoms with van der Waals surface area (Å²) in [6.45, 7) is 9.45. The third-order valence-electron chi connectivity index (χ3n) is 9.90. The summed E-state index contributed by atoms with van der Waals surface area (Å²) in [5, 5.41) is 40.1. The lowest BCUT2D eigenvalue weighted by molar-refractivity contribution is -0.347. The molecule has 4 N–H and O–H groups in total. The van der Waals surface area contributed by atoms with E-state index in [0.29, 0.717) is 31.3 Å². The standard InChI is InChI=1S/C32H46F6O4/c1-20-23(18-24(39)19-27(20)40)12-11-22-9-6-16-29(4)25(13-14-26(22)29)21(8-5-15-28(2,3)41)10-7-17-30(42,31(33,34)35)32(36,37)38/h7,11-12,17,21,24-27,39-42H,1,5-6,8-10,13-16,18-19H2,2-4H3/b17-7+,22-11+,23-12-/t21?,24?,25-,26?,27+,29-/m1/s1. The van der Waals surface area contributed by atoms with Gasteiger partial charge in [0.1, 0.15) is 0 Å². The van der Waals surface area contributed by atoms with Crippen LogP contribution < -0.4 is 0 Å². The summed E-state index contributed by atoms with van der Waals surface area (Å²) in [6.07, 6.45) is -2.24. The number of aliphatic hydroxyl groups is 4. The van der Waals surface area contributed by atoms with Crippen molar-refractivity contribution < 1.29 is 46.8 Å². The number of hydrogen-bond acceptors (Lipinski definition) is 4. The number of rotatable bonds is 9. The predicted octanol–water partition coefficient (Wildman–Crippen LogP) is 7.49. The van der Waals surface area contributed by atoms with E-state index in [1.54, 1.807) is 13.8 Å². The summed E-state index contributed by atoms with van der Waals surface area (Å²) in [6, 6.07) is 0. The van der Waals surface area contributed by atoms with Crippen LogP contribution in [0.2, 0.25) is 0 Å². The van der Waals surface area contributed by atoms with Crippen molar-refractivity contribution in [2.24, 2.45) is 23.2 Å². The van der Waals surface area contributed by atoms with Crippen molar-refractivity contribution in [3.05, 3.63) is 47.6 Å². The van der Waals surface area contributed by atoms with Crippen molar-refractivity contribution >= 4 is 0 Å². The minimum Gasteiger partial charge on any atom is -0.393 e. The van der Waals surface area contributed by atoms with Gasteiger partial charge in [0.05, 0.1) is 17.8 Å². The fourth-order valence-corrected chi connectivity index (χ4v) is 7.56. The summed E-state index contributed by atoms with van der Waals surface area (Å²) < 4.78 is 79.6. The van der Waals surface area contributed by atoms with Gasteiger partial charge < -0.3 is 20.4 Å². The van der Waals surface area contributed by atoms with Gasteiger partial charge in [0, 0.05) is 6.42 Å². The number of halogens is 6. The fraction of sp³-hybridized carbons (Fsp3) is 0.750. The molecule has 4 nitrogen and oxygen atoms in total. The van der Waals surface area contributed by atoms with Crippen LogP contribution in [0.25, 0.3) is 0 Å². The van der Waals surface area contributed by atoms with E-state index in [1.807, 2.05) is 12.2 Å². The van der Waals surface area contributed by atoms with Crippen LogP contribution in [-0.4, -0.2) is 56.2 Å². The zero-order chi connectivity index (χ0) is 31.7. The van der Waals surface area contributed by atoms with E-state index in [9.17, 15) is 46.8 Å². The Hall–Kier alpha value is -1.62. The molecule has 0 amide bonds. The highest BCUT2D eigenvalue weighted by molar-refractivity contribution is 5.38. The Morgan fingerprint density at radius 1 is 1.02 bits per heavy atom. The third kappa shape index (κ3) is 7.71. The second kappa shape index (κ2) is 12.8. The number of allylic oxidation sites excluding steroid dienone is 4. The van der Waals surface area contributed by atoms with Crippen LogP contribution in [0.15, 0.2) is 47.6 Å². The Kier molecular flexibility index (Phi) is 10.6. The summed E-state index contributed by atoms with van der Waals surface area (Å²) in [4.78, 5) is 0. The Morgan fingerprint density at radius 3 is 2.26 bits per heavy atom. The molecule has 6 atom stereocenters. The number of alkyl halides is 6. The highest BCUT2D eigenvalue weighted by Crippen LogP contribution is 2.60. The number of fused-ring (bicyclic) bond motifs is 1. The van der Waals surface area contributed by atoms with Gasteiger partial charge in [-0.2, -0.15) is 26.3 Å². The van der Waals surface area contributed by atoms with Gasteiger partial charge in [-0.05, 0) is 112 Å². The van der Waals surface area contributed by atoms with Gasteiger partial charge in [0.25, 0.3) is 5.60 Å². The first-order chi connectivity index (χ1) is 19.2. The Morgan fingerprint density at radius 2 is 1.67 bits per heavy atom. The zero-order valence-electron chi connectivity index (χ0n) is 24.7. The molecule has 0 bridgehead atoms. The molecule has 3 saturated carbocycles. The first-order valence-corrected chi connectivity index (χ1v) is 14.9. The lowest BCUT2D eigenvalue weighted by Crippen LogP contribution is -2.55. The molecule has 0 heterocycles. The Bertz CT molecular complexity index is 1040. The molecule has 10 heteroatoms. The molecule has 0 aromatic heterocycles. The molecular weight excluding hydrogens is 562 g/mol. The number of aliphatic hydroxyl groups excluding tert-OH is 2. The largest absolute Gasteiger partial charge is 0.429 e. The predicted molar refractivity (Wildman–Crippen MR) is 149 cm³/mol. The van der Waals surface area contributed by atoms with Gasteiger partial charge in [-0.1, -0.05) is 43.7 Å². The molecule has 3 rings (SSSR count). The second-order valence-corrected chi connectivity index (χ2v) is 13.5. The highest BCUT2D eigenvalue weighted by atomic mass is 19.4. The van der Waals surface area contributed by atoms with Crippen molar-refractivity contribution in [2.75, 3.05) is 0 Å². The van der Waals surface area contributed by atoms with Gasteiger partial charge in [-0.25, -0.2) is 0 Å². The Labute approximate surface area is 244 Å². The average Bonchev–Trinajstić information content (AvgIpc) is 3.19. The summed E-state index contributed by atoms with van der Waals surface area (Å²) >= 11 is 0. The van der Waals surface area contributed by atoms with Crippen LogP contribution in [0, 0.1) is 23.2 Å². The smallest absolute Gasteiger partial charge is 0.393 e. The monoisotopic (exact) mass is 608 g/mol. The summed E-state index contributed by atoms with van der Waals surface area (Å²) in [5.74, 6) is -0.0169. The van der Waals surface area contributed by atoms with Crippen LogP contribution in [0.4, 0.5) is 26.3 Å². The lowest BCUT2D eigenvalue weighted by atomic mass is 9.60. The van der Waals surface area contributed by atoms with Gasteiger partial charge in [0.2, 0.25) is 0 Å². The van der Waals surface area contributed by atoms with E-state index in [2.05, 4.69) is 13.5 Å². The van der Waals surface area contributed by atoms with Crippen LogP contribution >= 0.6 is 0 Å². The van der Waals surface area contributed by atoms with E-state index in [4.69, 9.17) is 0 Å². The van der Waals surface area contributed by atoms with Crippen molar-refractivity contribution in [1.29, 1.82) is 0 Å². The van der Waals surface area contributed by atoms with Crippen LogP contribution in [0.5, 0.6) is 0 Å². The van der Waals surface area contributed by atoms with E-state index < -0.39 is 35.8 Å². The maximum Gasteiger partial charge on any atom is 0.429 e. The first-order valence-electron chi connectivity index (χ1n) is 14.9. The number of hydrogen-bond donors (Lipinski definition) is 4. The van der Waals surface area contributed by atoms with Crippen molar-refractivity contribution in [1.82, 2.24) is 0 Å². The summed E-state index contributed by atoms with van der Waals surface area (Å²) in [5.41, 5.74) is -3.48. The average molecular weight is 609 g/mol. The third-order valence-corrected chi connectivity index (χ3v) is 9.90. The molecule has 0 spiro atoms. The SMILES string of the molecule is C=C1/C(=C\C=C2/CCC[C@@]3(C)C2CC[C@@H]3C(C/C=C/C(O)(C(F)(F)F)C(F)(F)F)CCCC(C)(C)O)CC(O)C[C@@H]1O. The minimum atomic E-state index is -5.91. The van der Waals surface area contributed by atoms with Crippen molar-refractivity contribution in [3.8, 4) is 0 Å². The topological polar surface area (TPSA) is 80.9 Å². The quantitative estimate of drug-likeness (QED) is 0.162. The molecule has 240 valence electrons. The van der Waals surface area contributed by atoms with Crippen LogP contribution in [-0.2, 0) is 0 Å². The van der Waals surface area contributed by atoms with E-state index in [1.165, 1.54) is 5.57 Å². The van der Waals surface area contributed by atoms with E-state index in [-0.39, 0.29) is 42.1 Å². The molecule has 0 aliphatic heterocycles. The van der Waals surface area contributed by atoms with Crippen LogP contribution in [0.3, 0.4) is 0 Å². The van der Waals surface area contributed by atoms with Crippen molar-refractivity contribution in [3.63, 3.8) is 0 Å². The lowest BCUT2D eigenvalue weighted by Gasteiger charge is -2.45. The Balaban J connectivity index is 1.87. The summed E-state index contributed by atoms with van der Waals surface area (Å²) in [7, 11) is 0. The van der Waals surface area contributed by atoms with Gasteiger partial charge >= 0.3 is 12.4 Å². The molecule has 42 heavy (non-hydrogen) atoms. The van der Waals surface area contributed by atoms with E-state index in [0.717, 1.165) is 43.8 Å². The maximum atomic E-state index is 13.3. The minimum absolute atomic E-state index is 0.0310. The molecule has 3 aliphatic rings. The molecule has 3 unspecified atom stereocenters. The molecule has 0 aromatic carbocycles. The molecule has 3 fully saturated rings. The van der Waals surface area contributed by atoms with Crippen LogP contribution in [0.1, 0.15) is 91.4 Å². The second-order valence-electron chi connectivity index (χ2n) is 13.5.